The lowest BCUT2D eigenvalue weighted by Gasteiger charge is -2.13. The van der Waals surface area contributed by atoms with Crippen LogP contribution in [0.4, 0.5) is 0 Å². The van der Waals surface area contributed by atoms with Crippen molar-refractivity contribution in [3.05, 3.63) is 31.2 Å². The Bertz CT molecular complexity index is 222. The smallest absolute Gasteiger partial charge is 0.0247 e. The summed E-state index contributed by atoms with van der Waals surface area (Å²) in [5.41, 5.74) is 5.33. The maximum Gasteiger partial charge on any atom is 0.0247 e. The molecule has 1 aromatic rings. The first-order valence-corrected chi connectivity index (χ1v) is 5.46. The highest BCUT2D eigenvalue weighted by atomic mass is 79.9. The minimum atomic E-state index is 1.22. The Balaban J connectivity index is 3.60. The molecule has 0 heterocycles. The molecule has 0 saturated heterocycles. The van der Waals surface area contributed by atoms with Crippen molar-refractivity contribution in [3.63, 3.8) is 0 Å². The lowest BCUT2D eigenvalue weighted by atomic mass is 10.0. The summed E-state index contributed by atoms with van der Waals surface area (Å²) in [6.45, 7) is 8.56. The number of hydrogen-bond donors (Lipinski definition) is 0. The maximum atomic E-state index is 3.58. The molecule has 0 nitrogen and oxygen atoms in total. The van der Waals surface area contributed by atoms with Crippen LogP contribution < -0.4 is 0 Å². The van der Waals surface area contributed by atoms with Crippen LogP contribution in [-0.2, 0) is 0 Å². The molecule has 0 aliphatic rings. The zero-order chi connectivity index (χ0) is 9.46. The first kappa shape index (κ1) is 10.3. The molecule has 1 rings (SSSR count). The molecule has 0 unspecified atom stereocenters. The van der Waals surface area contributed by atoms with Gasteiger partial charge in [-0.15, -0.1) is 0 Å². The molecule has 0 N–H and O–H groups in total. The predicted octanol–water partition coefficient (Wildman–Crippen LogP) is 4.45. The van der Waals surface area contributed by atoms with Crippen LogP contribution in [-0.4, -0.2) is 0 Å². The summed E-state index contributed by atoms with van der Waals surface area (Å²) in [4.78, 5) is 0. The van der Waals surface area contributed by atoms with Gasteiger partial charge in [-0.2, -0.15) is 0 Å². The third-order valence-corrected chi connectivity index (χ3v) is 4.82. The fourth-order valence-corrected chi connectivity index (χ4v) is 2.53. The largest absolute Gasteiger partial charge is 0.0502 e. The van der Waals surface area contributed by atoms with Crippen molar-refractivity contribution in [2.24, 2.45) is 0 Å². The molecule has 0 bridgehead atoms. The normalized spacial score (nSPS) is 10.5. The van der Waals surface area contributed by atoms with E-state index in [1.165, 1.54) is 31.2 Å². The van der Waals surface area contributed by atoms with Crippen LogP contribution in [0.15, 0.2) is 8.95 Å². The van der Waals surface area contributed by atoms with E-state index in [1.54, 1.807) is 0 Å². The van der Waals surface area contributed by atoms with Gasteiger partial charge in [0.05, 0.1) is 0 Å². The molecule has 0 amide bonds. The van der Waals surface area contributed by atoms with E-state index in [4.69, 9.17) is 0 Å². The van der Waals surface area contributed by atoms with Crippen molar-refractivity contribution < 1.29 is 0 Å². The maximum absolute atomic E-state index is 3.58. The Kier molecular flexibility index (Phi) is 3.00. The van der Waals surface area contributed by atoms with Crippen LogP contribution >= 0.6 is 31.9 Å². The molecule has 66 valence electrons. The van der Waals surface area contributed by atoms with Gasteiger partial charge in [0, 0.05) is 8.95 Å². The van der Waals surface area contributed by atoms with Crippen molar-refractivity contribution in [2.75, 3.05) is 0 Å². The zero-order valence-electron chi connectivity index (χ0n) is 7.76. The summed E-state index contributed by atoms with van der Waals surface area (Å²) < 4.78 is 2.44. The van der Waals surface area contributed by atoms with Crippen LogP contribution in [0.25, 0.3) is 0 Å². The highest BCUT2D eigenvalue weighted by molar-refractivity contribution is 9.11. The van der Waals surface area contributed by atoms with Gasteiger partial charge < -0.3 is 0 Å². The third kappa shape index (κ3) is 1.47. The second kappa shape index (κ2) is 3.51. The Morgan fingerprint density at radius 1 is 0.583 bits per heavy atom. The molecule has 0 aliphatic carbocycles. The molecule has 0 spiro atoms. The molecule has 0 radical (unpaired) electrons. The summed E-state index contributed by atoms with van der Waals surface area (Å²) in [7, 11) is 0. The quantitative estimate of drug-likeness (QED) is 0.663. The Morgan fingerprint density at radius 3 is 1.25 bits per heavy atom. The van der Waals surface area contributed by atoms with E-state index in [1.807, 2.05) is 0 Å². The van der Waals surface area contributed by atoms with E-state index in [0.717, 1.165) is 0 Å². The second-order valence-electron chi connectivity index (χ2n) is 3.13. The molecule has 2 heteroatoms. The summed E-state index contributed by atoms with van der Waals surface area (Å²) >= 11 is 7.17. The summed E-state index contributed by atoms with van der Waals surface area (Å²) in [5, 5.41) is 0. The molecular weight excluding hydrogens is 280 g/mol. The van der Waals surface area contributed by atoms with Gasteiger partial charge in [-0.05, 0) is 49.9 Å². The molecular formula is C10H12Br2. The number of halogens is 2. The minimum Gasteiger partial charge on any atom is -0.0502 e. The standard InChI is InChI=1S/C10H12Br2/c1-5-6(2)9(11)8(4)10(12)7(5)3/h1-4H3. The monoisotopic (exact) mass is 290 g/mol. The predicted molar refractivity (Wildman–Crippen MR) is 60.8 cm³/mol. The van der Waals surface area contributed by atoms with Gasteiger partial charge in [0.2, 0.25) is 0 Å². The van der Waals surface area contributed by atoms with Gasteiger partial charge in [-0.25, -0.2) is 0 Å². The molecule has 0 aliphatic heterocycles. The van der Waals surface area contributed by atoms with Crippen molar-refractivity contribution in [1.29, 1.82) is 0 Å². The summed E-state index contributed by atoms with van der Waals surface area (Å²) in [6, 6.07) is 0. The van der Waals surface area contributed by atoms with E-state index in [0.29, 0.717) is 0 Å². The van der Waals surface area contributed by atoms with Crippen molar-refractivity contribution in [1.82, 2.24) is 0 Å². The Morgan fingerprint density at radius 2 is 0.917 bits per heavy atom. The van der Waals surface area contributed by atoms with Crippen molar-refractivity contribution in [3.8, 4) is 0 Å². The first-order chi connectivity index (χ1) is 5.46. The van der Waals surface area contributed by atoms with E-state index >= 15 is 0 Å². The fourth-order valence-electron chi connectivity index (χ4n) is 1.27. The Hall–Kier alpha value is 0.180. The van der Waals surface area contributed by atoms with E-state index in [9.17, 15) is 0 Å². The zero-order valence-corrected chi connectivity index (χ0v) is 10.9. The third-order valence-electron chi connectivity index (χ3n) is 2.44. The van der Waals surface area contributed by atoms with Gasteiger partial charge >= 0.3 is 0 Å². The lowest BCUT2D eigenvalue weighted by molar-refractivity contribution is 1.19. The minimum absolute atomic E-state index is 1.22. The van der Waals surface area contributed by atoms with Crippen LogP contribution in [0, 0.1) is 27.7 Å². The van der Waals surface area contributed by atoms with E-state index in [-0.39, 0.29) is 0 Å². The van der Waals surface area contributed by atoms with E-state index in [2.05, 4.69) is 59.6 Å². The molecule has 1 aromatic carbocycles. The molecule has 0 fully saturated rings. The van der Waals surface area contributed by atoms with Crippen LogP contribution in [0.1, 0.15) is 22.3 Å². The highest BCUT2D eigenvalue weighted by Gasteiger charge is 2.10. The van der Waals surface area contributed by atoms with Crippen LogP contribution in [0.3, 0.4) is 0 Å². The van der Waals surface area contributed by atoms with Crippen LogP contribution in [0.2, 0.25) is 0 Å². The summed E-state index contributed by atoms with van der Waals surface area (Å²) in [5.74, 6) is 0. The molecule has 0 saturated carbocycles. The highest BCUT2D eigenvalue weighted by Crippen LogP contribution is 2.33. The fraction of sp³-hybridized carbons (Fsp3) is 0.400. The first-order valence-electron chi connectivity index (χ1n) is 3.88. The SMILES string of the molecule is Cc1c(C)c(Br)c(C)c(Br)c1C. The van der Waals surface area contributed by atoms with Gasteiger partial charge in [-0.1, -0.05) is 31.9 Å². The van der Waals surface area contributed by atoms with Crippen LogP contribution in [0.5, 0.6) is 0 Å². The van der Waals surface area contributed by atoms with E-state index < -0.39 is 0 Å². The Labute approximate surface area is 90.6 Å². The average molecular weight is 292 g/mol. The number of hydrogen-bond acceptors (Lipinski definition) is 0. The van der Waals surface area contributed by atoms with Gasteiger partial charge in [0.25, 0.3) is 0 Å². The number of rotatable bonds is 0. The van der Waals surface area contributed by atoms with Gasteiger partial charge in [0.15, 0.2) is 0 Å². The average Bonchev–Trinajstić information content (AvgIpc) is 2.08. The second-order valence-corrected chi connectivity index (χ2v) is 4.71. The molecule has 0 aromatic heterocycles. The van der Waals surface area contributed by atoms with Gasteiger partial charge in [0.1, 0.15) is 0 Å². The summed E-state index contributed by atoms with van der Waals surface area (Å²) in [6.07, 6.45) is 0. The van der Waals surface area contributed by atoms with Gasteiger partial charge in [-0.3, -0.25) is 0 Å². The lowest BCUT2D eigenvalue weighted by Crippen LogP contribution is -1.93. The molecule has 0 atom stereocenters. The topological polar surface area (TPSA) is 0 Å². The number of benzene rings is 1. The van der Waals surface area contributed by atoms with Crippen molar-refractivity contribution in [2.45, 2.75) is 27.7 Å². The molecule has 12 heavy (non-hydrogen) atoms. The van der Waals surface area contributed by atoms with Crippen molar-refractivity contribution >= 4 is 31.9 Å².